The van der Waals surface area contributed by atoms with Crippen molar-refractivity contribution in [2.24, 2.45) is 46.3 Å². The lowest BCUT2D eigenvalue weighted by Crippen LogP contribution is -2.60. The number of hydrogen-bond donors (Lipinski definition) is 0. The minimum absolute atomic E-state index is 0.136. The molecular weight excluding hydrogens is 448 g/mol. The second-order valence-corrected chi connectivity index (χ2v) is 15.3. The topological polar surface area (TPSA) is 17.1 Å². The van der Waals surface area contributed by atoms with Crippen molar-refractivity contribution in [2.75, 3.05) is 0 Å². The van der Waals surface area contributed by atoms with Gasteiger partial charge in [-0.25, -0.2) is 0 Å². The minimum Gasteiger partial charge on any atom is -0.298 e. The highest BCUT2D eigenvalue weighted by Gasteiger charge is 2.63. The molecule has 1 nitrogen and oxygen atoms in total. The van der Waals surface area contributed by atoms with E-state index in [4.69, 9.17) is 0 Å². The van der Waals surface area contributed by atoms with E-state index < -0.39 is 0 Å². The van der Waals surface area contributed by atoms with E-state index in [1.807, 2.05) is 0 Å². The van der Waals surface area contributed by atoms with Crippen LogP contribution in [-0.2, 0) is 4.79 Å². The van der Waals surface area contributed by atoms with Gasteiger partial charge in [0.15, 0.2) is 0 Å². The molecule has 0 N–H and O–H groups in total. The molecule has 5 aliphatic carbocycles. The van der Waals surface area contributed by atoms with E-state index in [0.717, 1.165) is 41.3 Å². The summed E-state index contributed by atoms with van der Waals surface area (Å²) in [5.41, 5.74) is 0.272. The zero-order valence-electron chi connectivity index (χ0n) is 25.1. The van der Waals surface area contributed by atoms with Crippen LogP contribution in [0.3, 0.4) is 0 Å². The maximum absolute atomic E-state index is 13.8. The van der Waals surface area contributed by atoms with Crippen molar-refractivity contribution < 1.29 is 4.79 Å². The third kappa shape index (κ3) is 6.37. The van der Waals surface area contributed by atoms with E-state index in [1.54, 1.807) is 0 Å². The molecule has 5 saturated carbocycles. The van der Waals surface area contributed by atoms with Gasteiger partial charge in [0.2, 0.25) is 0 Å². The fraction of sp³-hybridized carbons (Fsp3) is 0.972. The van der Waals surface area contributed by atoms with E-state index in [9.17, 15) is 4.79 Å². The Bertz CT molecular complexity index is 632. The first-order chi connectivity index (χ1) is 18.1. The Morgan fingerprint density at radius 3 is 1.19 bits per heavy atom. The standard InChI is InChI=1S/C36H62O/c1-3-5-7-9-28-11-15-30(16-12-28)32-19-23-35(24-20-32)27-36(34(35)37)25-21-33(22-26-36)31-17-13-29(14-18-31)10-8-6-4-2/h28-33H,3-27H2,1-2H3/t28-,29-,30-,31-,32?,33?,35?,36?. The average Bonchev–Trinajstić information content (AvgIpc) is 2.95. The van der Waals surface area contributed by atoms with E-state index in [-0.39, 0.29) is 10.8 Å². The summed E-state index contributed by atoms with van der Waals surface area (Å²) in [6.45, 7) is 4.65. The normalized spacial score (nSPS) is 42.7. The first-order valence-electron chi connectivity index (χ1n) is 17.6. The van der Waals surface area contributed by atoms with Crippen molar-refractivity contribution in [3.63, 3.8) is 0 Å². The molecule has 0 bridgehead atoms. The highest BCUT2D eigenvalue weighted by molar-refractivity contribution is 5.96. The molecule has 0 aromatic heterocycles. The van der Waals surface area contributed by atoms with Gasteiger partial charge >= 0.3 is 0 Å². The lowest BCUT2D eigenvalue weighted by atomic mass is 9.42. The summed E-state index contributed by atoms with van der Waals surface area (Å²) >= 11 is 0. The monoisotopic (exact) mass is 510 g/mol. The van der Waals surface area contributed by atoms with Gasteiger partial charge in [0, 0.05) is 10.8 Å². The van der Waals surface area contributed by atoms with Crippen LogP contribution in [0.15, 0.2) is 0 Å². The predicted molar refractivity (Wildman–Crippen MR) is 158 cm³/mol. The molecule has 5 aliphatic rings. The van der Waals surface area contributed by atoms with Crippen LogP contribution >= 0.6 is 0 Å². The zero-order valence-corrected chi connectivity index (χ0v) is 25.1. The summed E-state index contributed by atoms with van der Waals surface area (Å²) < 4.78 is 0. The van der Waals surface area contributed by atoms with E-state index in [1.165, 1.54) is 161 Å². The van der Waals surface area contributed by atoms with Gasteiger partial charge in [-0.15, -0.1) is 0 Å². The van der Waals surface area contributed by atoms with Gasteiger partial charge in [-0.05, 0) is 119 Å². The van der Waals surface area contributed by atoms with Gasteiger partial charge in [0.25, 0.3) is 0 Å². The molecule has 0 saturated heterocycles. The summed E-state index contributed by atoms with van der Waals surface area (Å²) in [6, 6.07) is 0. The molecule has 2 spiro atoms. The first-order valence-corrected chi connectivity index (χ1v) is 17.6. The highest BCUT2D eigenvalue weighted by Crippen LogP contribution is 2.65. The first kappa shape index (κ1) is 28.2. The minimum atomic E-state index is 0.136. The number of carbonyl (C=O) groups is 1. The molecule has 0 amide bonds. The summed E-state index contributed by atoms with van der Waals surface area (Å²) in [4.78, 5) is 13.8. The van der Waals surface area contributed by atoms with Gasteiger partial charge in [0.1, 0.15) is 5.78 Å². The summed E-state index contributed by atoms with van der Waals surface area (Å²) in [5, 5.41) is 0. The Kier molecular flexibility index (Phi) is 9.83. The summed E-state index contributed by atoms with van der Waals surface area (Å²) in [7, 11) is 0. The molecule has 5 fully saturated rings. The van der Waals surface area contributed by atoms with Crippen LogP contribution in [0.5, 0.6) is 0 Å². The molecule has 5 rings (SSSR count). The zero-order chi connectivity index (χ0) is 25.7. The lowest BCUT2D eigenvalue weighted by molar-refractivity contribution is -0.170. The maximum Gasteiger partial charge on any atom is 0.145 e. The Morgan fingerprint density at radius 1 is 0.514 bits per heavy atom. The molecule has 1 heteroatoms. The second-order valence-electron chi connectivity index (χ2n) is 15.3. The van der Waals surface area contributed by atoms with Gasteiger partial charge < -0.3 is 0 Å². The third-order valence-electron chi connectivity index (χ3n) is 13.2. The Morgan fingerprint density at radius 2 is 0.865 bits per heavy atom. The fourth-order valence-electron chi connectivity index (χ4n) is 10.7. The van der Waals surface area contributed by atoms with Crippen molar-refractivity contribution in [1.29, 1.82) is 0 Å². The van der Waals surface area contributed by atoms with Crippen LogP contribution in [0, 0.1) is 46.3 Å². The van der Waals surface area contributed by atoms with Crippen LogP contribution in [0.2, 0.25) is 0 Å². The second kappa shape index (κ2) is 12.9. The van der Waals surface area contributed by atoms with Crippen molar-refractivity contribution >= 4 is 5.78 Å². The van der Waals surface area contributed by atoms with Crippen molar-refractivity contribution in [2.45, 2.75) is 174 Å². The van der Waals surface area contributed by atoms with Crippen LogP contribution in [-0.4, -0.2) is 5.78 Å². The van der Waals surface area contributed by atoms with Crippen LogP contribution < -0.4 is 0 Å². The molecule has 0 radical (unpaired) electrons. The van der Waals surface area contributed by atoms with Crippen LogP contribution in [0.4, 0.5) is 0 Å². The number of hydrogen-bond acceptors (Lipinski definition) is 1. The van der Waals surface area contributed by atoms with Gasteiger partial charge in [-0.1, -0.05) is 90.9 Å². The third-order valence-corrected chi connectivity index (χ3v) is 13.2. The van der Waals surface area contributed by atoms with Gasteiger partial charge in [-0.3, -0.25) is 4.79 Å². The number of Topliss-reactive ketones (excluding diaryl/α,β-unsaturated/α-hetero) is 1. The lowest BCUT2D eigenvalue weighted by Gasteiger charge is -2.60. The molecule has 0 aromatic carbocycles. The molecule has 0 aromatic rings. The molecule has 212 valence electrons. The summed E-state index contributed by atoms with van der Waals surface area (Å²) in [6.07, 6.45) is 35.2. The highest BCUT2D eigenvalue weighted by atomic mass is 16.1. The predicted octanol–water partition coefficient (Wildman–Crippen LogP) is 11.1. The maximum atomic E-state index is 13.8. The van der Waals surface area contributed by atoms with Crippen LogP contribution in [0.25, 0.3) is 0 Å². The van der Waals surface area contributed by atoms with Gasteiger partial charge in [0.05, 0.1) is 0 Å². The molecular formula is C36H62O. The smallest absolute Gasteiger partial charge is 0.145 e. The Balaban J connectivity index is 1.01. The molecule has 0 aliphatic heterocycles. The number of rotatable bonds is 10. The number of ketones is 1. The largest absolute Gasteiger partial charge is 0.298 e. The molecule has 37 heavy (non-hydrogen) atoms. The molecule has 0 heterocycles. The van der Waals surface area contributed by atoms with E-state index in [0.29, 0.717) is 0 Å². The van der Waals surface area contributed by atoms with Crippen molar-refractivity contribution in [3.8, 4) is 0 Å². The number of unbranched alkanes of at least 4 members (excludes halogenated alkanes) is 4. The van der Waals surface area contributed by atoms with Crippen molar-refractivity contribution in [3.05, 3.63) is 0 Å². The fourth-order valence-corrected chi connectivity index (χ4v) is 10.7. The molecule has 0 unspecified atom stereocenters. The number of carbonyl (C=O) groups excluding carboxylic acids is 1. The van der Waals surface area contributed by atoms with E-state index in [2.05, 4.69) is 13.8 Å². The average molecular weight is 511 g/mol. The molecule has 0 atom stereocenters. The Hall–Kier alpha value is -0.330. The van der Waals surface area contributed by atoms with Crippen molar-refractivity contribution in [1.82, 2.24) is 0 Å². The van der Waals surface area contributed by atoms with Crippen LogP contribution in [0.1, 0.15) is 174 Å². The van der Waals surface area contributed by atoms with Gasteiger partial charge in [-0.2, -0.15) is 0 Å². The quantitative estimate of drug-likeness (QED) is 0.267. The Labute approximate surface area is 231 Å². The summed E-state index contributed by atoms with van der Waals surface area (Å²) in [5.74, 6) is 6.68. The SMILES string of the molecule is CCCCC[C@H]1CC[C@H](C2CCC3(CC2)CC2(CCC([C@H]4CC[C@H](CCCCC)CC4)CC2)C3=O)CC1. The van der Waals surface area contributed by atoms with E-state index >= 15 is 0 Å².